The summed E-state index contributed by atoms with van der Waals surface area (Å²) in [5.41, 5.74) is 2.68. The summed E-state index contributed by atoms with van der Waals surface area (Å²) in [6.45, 7) is 1.87. The monoisotopic (exact) mass is 401 g/mol. The van der Waals surface area contributed by atoms with Crippen molar-refractivity contribution >= 4 is 27.9 Å². The lowest BCUT2D eigenvalue weighted by atomic mass is 10.1. The van der Waals surface area contributed by atoms with Crippen molar-refractivity contribution in [3.8, 4) is 17.1 Å². The smallest absolute Gasteiger partial charge is 0.276 e. The van der Waals surface area contributed by atoms with Crippen molar-refractivity contribution in [1.29, 1.82) is 0 Å². The summed E-state index contributed by atoms with van der Waals surface area (Å²) in [5.74, 6) is 1.08. The second kappa shape index (κ2) is 6.95. The van der Waals surface area contributed by atoms with E-state index >= 15 is 0 Å². The lowest BCUT2D eigenvalue weighted by Crippen LogP contribution is -2.15. The molecule has 142 valence electrons. The molecule has 0 aliphatic rings. The first kappa shape index (κ1) is 17.3. The molecule has 0 fully saturated rings. The van der Waals surface area contributed by atoms with Gasteiger partial charge in [-0.3, -0.25) is 13.8 Å². The normalized spacial score (nSPS) is 11.1. The van der Waals surface area contributed by atoms with Gasteiger partial charge >= 0.3 is 0 Å². The van der Waals surface area contributed by atoms with Crippen LogP contribution < -0.4 is 5.32 Å². The molecule has 0 radical (unpaired) electrons. The van der Waals surface area contributed by atoms with Gasteiger partial charge in [0.2, 0.25) is 0 Å². The summed E-state index contributed by atoms with van der Waals surface area (Å²) in [5, 5.41) is 13.0. The first-order valence-corrected chi connectivity index (χ1v) is 9.73. The maximum atomic E-state index is 12.6. The third-order valence-electron chi connectivity index (χ3n) is 4.47. The number of hydrogen-bond acceptors (Lipinski definition) is 6. The quantitative estimate of drug-likeness (QED) is 0.497. The molecule has 0 saturated heterocycles. The fourth-order valence-electron chi connectivity index (χ4n) is 3.01. The maximum Gasteiger partial charge on any atom is 0.276 e. The van der Waals surface area contributed by atoms with Crippen LogP contribution in [0.15, 0.2) is 66.6 Å². The minimum Gasteiger partial charge on any atom is -0.321 e. The second-order valence-corrected chi connectivity index (χ2v) is 7.25. The number of amides is 1. The Morgan fingerprint density at radius 1 is 1.14 bits per heavy atom. The average Bonchev–Trinajstić information content (AvgIpc) is 3.44. The first-order chi connectivity index (χ1) is 14.2. The number of imidazole rings is 2. The highest BCUT2D eigenvalue weighted by Crippen LogP contribution is 2.24. The van der Waals surface area contributed by atoms with Crippen molar-refractivity contribution < 1.29 is 4.79 Å². The molecule has 5 aromatic rings. The summed E-state index contributed by atoms with van der Waals surface area (Å²) in [6.07, 6.45) is 7.42. The highest BCUT2D eigenvalue weighted by molar-refractivity contribution is 7.15. The number of carbonyl (C=O) groups excluding carboxylic acids is 1. The molecule has 4 aromatic heterocycles. The molecule has 0 aliphatic heterocycles. The Hall–Kier alpha value is -3.85. The zero-order chi connectivity index (χ0) is 19.8. The van der Waals surface area contributed by atoms with E-state index in [1.54, 1.807) is 40.4 Å². The Labute approximate surface area is 169 Å². The molecular weight excluding hydrogens is 386 g/mol. The van der Waals surface area contributed by atoms with Crippen LogP contribution in [0.4, 0.5) is 5.69 Å². The van der Waals surface area contributed by atoms with Crippen molar-refractivity contribution in [2.75, 3.05) is 5.32 Å². The van der Waals surface area contributed by atoms with Gasteiger partial charge in [-0.15, -0.1) is 21.5 Å². The van der Waals surface area contributed by atoms with Crippen LogP contribution in [0.2, 0.25) is 0 Å². The minimum absolute atomic E-state index is 0.236. The molecule has 0 saturated carbocycles. The second-order valence-electron chi connectivity index (χ2n) is 6.38. The van der Waals surface area contributed by atoms with Gasteiger partial charge in [0.05, 0.1) is 5.69 Å². The van der Waals surface area contributed by atoms with Gasteiger partial charge in [0.15, 0.2) is 16.5 Å². The van der Waals surface area contributed by atoms with Crippen molar-refractivity contribution in [3.63, 3.8) is 0 Å². The van der Waals surface area contributed by atoms with Crippen molar-refractivity contribution in [2.24, 2.45) is 0 Å². The molecule has 9 heteroatoms. The molecule has 0 unspecified atom stereocenters. The van der Waals surface area contributed by atoms with Gasteiger partial charge < -0.3 is 5.32 Å². The summed E-state index contributed by atoms with van der Waals surface area (Å²) in [4.78, 5) is 22.3. The van der Waals surface area contributed by atoms with E-state index in [1.165, 1.54) is 0 Å². The van der Waals surface area contributed by atoms with Gasteiger partial charge in [0.25, 0.3) is 5.91 Å². The van der Waals surface area contributed by atoms with Gasteiger partial charge in [-0.1, -0.05) is 12.1 Å². The van der Waals surface area contributed by atoms with E-state index in [1.807, 2.05) is 53.4 Å². The van der Waals surface area contributed by atoms with Crippen LogP contribution in [0.25, 0.3) is 22.0 Å². The molecule has 1 amide bonds. The fourth-order valence-corrected chi connectivity index (χ4v) is 3.71. The molecule has 0 bridgehead atoms. The van der Waals surface area contributed by atoms with Gasteiger partial charge in [0.1, 0.15) is 5.82 Å². The Balaban J connectivity index is 1.35. The third-order valence-corrected chi connectivity index (χ3v) is 5.24. The Morgan fingerprint density at radius 3 is 2.83 bits per heavy atom. The largest absolute Gasteiger partial charge is 0.321 e. The molecule has 0 atom stereocenters. The summed E-state index contributed by atoms with van der Waals surface area (Å²) in [7, 11) is 0. The first-order valence-electron chi connectivity index (χ1n) is 8.85. The highest BCUT2D eigenvalue weighted by atomic mass is 32.1. The van der Waals surface area contributed by atoms with Gasteiger partial charge in [-0.25, -0.2) is 9.97 Å². The zero-order valence-corrected chi connectivity index (χ0v) is 16.2. The van der Waals surface area contributed by atoms with E-state index in [9.17, 15) is 4.79 Å². The molecule has 0 spiro atoms. The van der Waals surface area contributed by atoms with Gasteiger partial charge in [0, 0.05) is 41.4 Å². The summed E-state index contributed by atoms with van der Waals surface area (Å²) >= 11 is 1.58. The number of nitrogens with zero attached hydrogens (tertiary/aromatic N) is 6. The van der Waals surface area contributed by atoms with E-state index in [2.05, 4.69) is 25.5 Å². The van der Waals surface area contributed by atoms with Crippen LogP contribution in [-0.4, -0.2) is 35.0 Å². The Bertz CT molecular complexity index is 1290. The number of fused-ring (bicyclic) bond motifs is 1. The van der Waals surface area contributed by atoms with Crippen molar-refractivity contribution in [3.05, 3.63) is 78.1 Å². The molecule has 4 heterocycles. The summed E-state index contributed by atoms with van der Waals surface area (Å²) < 4.78 is 3.78. The number of nitrogens with one attached hydrogen (secondary N) is 1. The van der Waals surface area contributed by atoms with Crippen LogP contribution in [0.1, 0.15) is 16.3 Å². The molecule has 29 heavy (non-hydrogen) atoms. The maximum absolute atomic E-state index is 12.6. The predicted molar refractivity (Wildman–Crippen MR) is 110 cm³/mol. The van der Waals surface area contributed by atoms with E-state index < -0.39 is 0 Å². The number of aryl methyl sites for hydroxylation is 1. The lowest BCUT2D eigenvalue weighted by Gasteiger charge is -2.07. The number of benzene rings is 1. The zero-order valence-electron chi connectivity index (χ0n) is 15.4. The predicted octanol–water partition coefficient (Wildman–Crippen LogP) is 3.60. The molecule has 1 N–H and O–H groups in total. The van der Waals surface area contributed by atoms with Crippen LogP contribution >= 0.6 is 11.3 Å². The van der Waals surface area contributed by atoms with E-state index in [0.29, 0.717) is 11.5 Å². The Kier molecular flexibility index (Phi) is 4.14. The van der Waals surface area contributed by atoms with Crippen LogP contribution in [-0.2, 0) is 0 Å². The molecule has 8 nitrogen and oxygen atoms in total. The highest BCUT2D eigenvalue weighted by Gasteiger charge is 2.12. The van der Waals surface area contributed by atoms with Crippen molar-refractivity contribution in [1.82, 2.24) is 29.1 Å². The van der Waals surface area contributed by atoms with Crippen LogP contribution in [0.5, 0.6) is 0 Å². The topological polar surface area (TPSA) is 90.0 Å². The average molecular weight is 401 g/mol. The standard InChI is InChI=1S/C20H15N7OS/c1-13-21-7-8-27(13)18-6-5-16(24-25-18)19(28)22-15-4-2-3-14(11-15)17-12-26-9-10-29-20(26)23-17/h2-12H,1H3,(H,22,28). The molecular formula is C20H15N7OS. The van der Waals surface area contributed by atoms with Crippen LogP contribution in [0.3, 0.4) is 0 Å². The van der Waals surface area contributed by atoms with Crippen molar-refractivity contribution in [2.45, 2.75) is 6.92 Å². The van der Waals surface area contributed by atoms with E-state index in [-0.39, 0.29) is 11.6 Å². The number of hydrogen-bond donors (Lipinski definition) is 1. The van der Waals surface area contributed by atoms with E-state index in [4.69, 9.17) is 0 Å². The fraction of sp³-hybridized carbons (Fsp3) is 0.0500. The van der Waals surface area contributed by atoms with Gasteiger partial charge in [-0.2, -0.15) is 0 Å². The molecule has 1 aromatic carbocycles. The number of thiazole rings is 1. The molecule has 0 aliphatic carbocycles. The number of aromatic nitrogens is 6. The third kappa shape index (κ3) is 3.27. The summed E-state index contributed by atoms with van der Waals surface area (Å²) in [6, 6.07) is 11.0. The SMILES string of the molecule is Cc1nccn1-c1ccc(C(=O)Nc2cccc(-c3cn4ccsc4n3)c2)nn1. The molecule has 5 rings (SSSR count). The number of rotatable bonds is 4. The lowest BCUT2D eigenvalue weighted by molar-refractivity contribution is 0.102. The van der Waals surface area contributed by atoms with E-state index in [0.717, 1.165) is 22.0 Å². The number of anilines is 1. The Morgan fingerprint density at radius 2 is 2.07 bits per heavy atom. The number of carbonyl (C=O) groups is 1. The minimum atomic E-state index is -0.325. The van der Waals surface area contributed by atoms with Gasteiger partial charge in [-0.05, 0) is 31.2 Å². The van der Waals surface area contributed by atoms with Crippen LogP contribution in [0, 0.1) is 6.92 Å².